The number of hydrogen-bond acceptors (Lipinski definition) is 5. The van der Waals surface area contributed by atoms with Gasteiger partial charge in [0.2, 0.25) is 0 Å². The Labute approximate surface area is 99.9 Å². The van der Waals surface area contributed by atoms with Crippen molar-refractivity contribution >= 4 is 17.6 Å². The van der Waals surface area contributed by atoms with E-state index in [2.05, 4.69) is 28.9 Å². The van der Waals surface area contributed by atoms with Gasteiger partial charge < -0.3 is 4.90 Å². The molecule has 1 atom stereocenters. The Morgan fingerprint density at radius 2 is 2.31 bits per heavy atom. The molecular weight excluding hydrogens is 222 g/mol. The molecule has 2 heterocycles. The normalized spacial score (nSPS) is 24.2. The quantitative estimate of drug-likeness (QED) is 0.728. The Balaban J connectivity index is 2.18. The van der Waals surface area contributed by atoms with Gasteiger partial charge in [-0.15, -0.1) is 11.3 Å². The molecule has 0 radical (unpaired) electrons. The first-order valence-corrected chi connectivity index (χ1v) is 6.32. The highest BCUT2D eigenvalue weighted by atomic mass is 32.1. The highest BCUT2D eigenvalue weighted by Crippen LogP contribution is 2.26. The monoisotopic (exact) mass is 239 g/mol. The predicted molar refractivity (Wildman–Crippen MR) is 65.0 cm³/mol. The summed E-state index contributed by atoms with van der Waals surface area (Å²) in [6.07, 6.45) is 3.74. The second kappa shape index (κ2) is 5.03. The van der Waals surface area contributed by atoms with Crippen molar-refractivity contribution in [3.05, 3.63) is 16.1 Å². The van der Waals surface area contributed by atoms with Gasteiger partial charge in [-0.3, -0.25) is 9.69 Å². The van der Waals surface area contributed by atoms with E-state index in [1.165, 1.54) is 17.8 Å². The summed E-state index contributed by atoms with van der Waals surface area (Å²) in [5.74, 6) is 0. The SMILES string of the molecule is CN1CCCN(C)C(c2ncc(C=O)s2)C1. The topological polar surface area (TPSA) is 36.4 Å². The zero-order chi connectivity index (χ0) is 11.5. The third-order valence-electron chi connectivity index (χ3n) is 3.01. The second-order valence-electron chi connectivity index (χ2n) is 4.33. The molecule has 4 nitrogen and oxygen atoms in total. The van der Waals surface area contributed by atoms with Crippen molar-refractivity contribution in [2.24, 2.45) is 0 Å². The third-order valence-corrected chi connectivity index (χ3v) is 4.03. The van der Waals surface area contributed by atoms with Crippen molar-refractivity contribution in [3.63, 3.8) is 0 Å². The minimum atomic E-state index is 0.325. The zero-order valence-electron chi connectivity index (χ0n) is 9.72. The Hall–Kier alpha value is -0.780. The van der Waals surface area contributed by atoms with Crippen molar-refractivity contribution in [2.75, 3.05) is 33.7 Å². The summed E-state index contributed by atoms with van der Waals surface area (Å²) in [7, 11) is 4.27. The molecule has 0 aliphatic carbocycles. The minimum absolute atomic E-state index is 0.325. The first-order valence-electron chi connectivity index (χ1n) is 5.50. The van der Waals surface area contributed by atoms with Gasteiger partial charge in [0.25, 0.3) is 0 Å². The summed E-state index contributed by atoms with van der Waals surface area (Å²) in [4.78, 5) is 20.4. The molecule has 1 aliphatic heterocycles. The standard InChI is InChI=1S/C11H17N3OS/c1-13-4-3-5-14(2)10(7-13)11-12-6-9(8-15)16-11/h6,8,10H,3-5,7H2,1-2H3. The van der Waals surface area contributed by atoms with Crippen molar-refractivity contribution in [3.8, 4) is 0 Å². The molecule has 1 aromatic rings. The number of nitrogens with zero attached hydrogens (tertiary/aromatic N) is 3. The lowest BCUT2D eigenvalue weighted by Crippen LogP contribution is -2.30. The highest BCUT2D eigenvalue weighted by molar-refractivity contribution is 7.13. The van der Waals surface area contributed by atoms with Crippen LogP contribution >= 0.6 is 11.3 Å². The van der Waals surface area contributed by atoms with Crippen LogP contribution in [0.4, 0.5) is 0 Å². The number of hydrogen-bond donors (Lipinski definition) is 0. The Morgan fingerprint density at radius 1 is 1.50 bits per heavy atom. The molecule has 0 saturated carbocycles. The fraction of sp³-hybridized carbons (Fsp3) is 0.636. The summed E-state index contributed by atoms with van der Waals surface area (Å²) in [5, 5.41) is 1.05. The number of aldehydes is 1. The van der Waals surface area contributed by atoms with Crippen molar-refractivity contribution in [1.82, 2.24) is 14.8 Å². The van der Waals surface area contributed by atoms with E-state index < -0.39 is 0 Å². The number of likely N-dealkylation sites (N-methyl/N-ethyl adjacent to an activating group) is 2. The summed E-state index contributed by atoms with van der Waals surface area (Å²) < 4.78 is 0. The van der Waals surface area contributed by atoms with Crippen LogP contribution in [0.2, 0.25) is 0 Å². The van der Waals surface area contributed by atoms with Gasteiger partial charge in [0.05, 0.1) is 10.9 Å². The second-order valence-corrected chi connectivity index (χ2v) is 5.42. The lowest BCUT2D eigenvalue weighted by atomic mass is 10.2. The molecule has 1 saturated heterocycles. The van der Waals surface area contributed by atoms with Crippen LogP contribution in [0, 0.1) is 0 Å². The van der Waals surface area contributed by atoms with Crippen molar-refractivity contribution < 1.29 is 4.79 Å². The zero-order valence-corrected chi connectivity index (χ0v) is 10.5. The van der Waals surface area contributed by atoms with E-state index in [1.807, 2.05) is 0 Å². The van der Waals surface area contributed by atoms with Crippen molar-refractivity contribution in [1.29, 1.82) is 0 Å². The van der Waals surface area contributed by atoms with E-state index in [4.69, 9.17) is 0 Å². The first kappa shape index (κ1) is 11.7. The Morgan fingerprint density at radius 3 is 3.00 bits per heavy atom. The van der Waals surface area contributed by atoms with Gasteiger partial charge in [-0.2, -0.15) is 0 Å². The molecule has 1 fully saturated rings. The molecule has 88 valence electrons. The first-order chi connectivity index (χ1) is 7.70. The summed E-state index contributed by atoms with van der Waals surface area (Å²) in [6, 6.07) is 0.325. The lowest BCUT2D eigenvalue weighted by molar-refractivity contribution is 0.112. The van der Waals surface area contributed by atoms with E-state index in [9.17, 15) is 4.79 Å². The van der Waals surface area contributed by atoms with Gasteiger partial charge in [0, 0.05) is 12.7 Å². The van der Waals surface area contributed by atoms with Gasteiger partial charge in [-0.25, -0.2) is 4.98 Å². The molecular formula is C11H17N3OS. The van der Waals surface area contributed by atoms with E-state index in [1.54, 1.807) is 6.20 Å². The van der Waals surface area contributed by atoms with Crippen LogP contribution in [0.1, 0.15) is 27.1 Å². The predicted octanol–water partition coefficient (Wildman–Crippen LogP) is 1.26. The largest absolute Gasteiger partial charge is 0.304 e. The summed E-state index contributed by atoms with van der Waals surface area (Å²) >= 11 is 1.51. The molecule has 1 aliphatic rings. The fourth-order valence-corrected chi connectivity index (χ4v) is 2.94. The van der Waals surface area contributed by atoms with E-state index >= 15 is 0 Å². The fourth-order valence-electron chi connectivity index (χ4n) is 2.05. The van der Waals surface area contributed by atoms with Crippen LogP contribution in [0.15, 0.2) is 6.20 Å². The van der Waals surface area contributed by atoms with Crippen LogP contribution < -0.4 is 0 Å². The van der Waals surface area contributed by atoms with Crippen LogP contribution in [0.5, 0.6) is 0 Å². The van der Waals surface area contributed by atoms with Crippen molar-refractivity contribution in [2.45, 2.75) is 12.5 Å². The van der Waals surface area contributed by atoms with Gasteiger partial charge >= 0.3 is 0 Å². The molecule has 0 aromatic carbocycles. The maximum atomic E-state index is 10.7. The highest BCUT2D eigenvalue weighted by Gasteiger charge is 2.24. The average Bonchev–Trinajstić information content (AvgIpc) is 2.67. The molecule has 0 spiro atoms. The molecule has 5 heteroatoms. The van der Waals surface area contributed by atoms with Gasteiger partial charge in [-0.05, 0) is 33.6 Å². The van der Waals surface area contributed by atoms with E-state index in [0.717, 1.165) is 35.8 Å². The molecule has 0 N–H and O–H groups in total. The van der Waals surface area contributed by atoms with E-state index in [0.29, 0.717) is 6.04 Å². The molecule has 0 amide bonds. The number of aromatic nitrogens is 1. The van der Waals surface area contributed by atoms with Crippen LogP contribution in [0.3, 0.4) is 0 Å². The Kier molecular flexibility index (Phi) is 3.68. The van der Waals surface area contributed by atoms with Gasteiger partial charge in [0.15, 0.2) is 6.29 Å². The minimum Gasteiger partial charge on any atom is -0.304 e. The average molecular weight is 239 g/mol. The van der Waals surface area contributed by atoms with Gasteiger partial charge in [-0.1, -0.05) is 0 Å². The molecule has 2 rings (SSSR count). The number of thiazole rings is 1. The summed E-state index contributed by atoms with van der Waals surface area (Å²) in [6.45, 7) is 3.21. The van der Waals surface area contributed by atoms with E-state index in [-0.39, 0.29) is 0 Å². The lowest BCUT2D eigenvalue weighted by Gasteiger charge is -2.25. The molecule has 16 heavy (non-hydrogen) atoms. The summed E-state index contributed by atoms with van der Waals surface area (Å²) in [5.41, 5.74) is 0. The Bertz CT molecular complexity index is 366. The number of rotatable bonds is 2. The van der Waals surface area contributed by atoms with Crippen LogP contribution in [-0.4, -0.2) is 54.8 Å². The maximum absolute atomic E-state index is 10.7. The molecule has 1 aromatic heterocycles. The maximum Gasteiger partial charge on any atom is 0.161 e. The molecule has 0 bridgehead atoms. The molecule has 1 unspecified atom stereocenters. The smallest absolute Gasteiger partial charge is 0.161 e. The third kappa shape index (κ3) is 2.48. The number of carbonyl (C=O) groups excluding carboxylic acids is 1. The number of carbonyl (C=O) groups is 1. The van der Waals surface area contributed by atoms with Crippen LogP contribution in [0.25, 0.3) is 0 Å². The van der Waals surface area contributed by atoms with Gasteiger partial charge in [0.1, 0.15) is 5.01 Å². The van der Waals surface area contributed by atoms with Crippen LogP contribution in [-0.2, 0) is 0 Å².